The molecule has 2 unspecified atom stereocenters. The van der Waals surface area contributed by atoms with Gasteiger partial charge in [0.25, 0.3) is 0 Å². The first kappa shape index (κ1) is 12.9. The fourth-order valence-corrected chi connectivity index (χ4v) is 2.22. The number of rotatable bonds is 3. The van der Waals surface area contributed by atoms with Crippen LogP contribution in [0.5, 0.6) is 5.75 Å². The van der Waals surface area contributed by atoms with Crippen molar-refractivity contribution >= 4 is 5.91 Å². The van der Waals surface area contributed by atoms with Crippen molar-refractivity contribution in [2.45, 2.75) is 25.3 Å². The van der Waals surface area contributed by atoms with E-state index in [1.807, 2.05) is 38.2 Å². The Balaban J connectivity index is 2.22. The molecule has 0 saturated carbocycles. The highest BCUT2D eigenvalue weighted by molar-refractivity contribution is 5.84. The van der Waals surface area contributed by atoms with Gasteiger partial charge in [-0.3, -0.25) is 4.79 Å². The third-order valence-electron chi connectivity index (χ3n) is 3.61. The zero-order valence-corrected chi connectivity index (χ0v) is 10.9. The molecule has 1 amide bonds. The van der Waals surface area contributed by atoms with Gasteiger partial charge in [-0.05, 0) is 19.4 Å². The lowest BCUT2D eigenvalue weighted by molar-refractivity contribution is -0.133. The predicted octanol–water partition coefficient (Wildman–Crippen LogP) is 1.36. The minimum Gasteiger partial charge on any atom is -0.493 e. The highest BCUT2D eigenvalue weighted by atomic mass is 16.5. The van der Waals surface area contributed by atoms with Gasteiger partial charge in [-0.2, -0.15) is 0 Å². The Labute approximate surface area is 108 Å². The Hall–Kier alpha value is -1.55. The molecule has 18 heavy (non-hydrogen) atoms. The molecule has 2 atom stereocenters. The number of benzene rings is 1. The molecule has 4 nitrogen and oxygen atoms in total. The van der Waals surface area contributed by atoms with E-state index in [0.29, 0.717) is 13.2 Å². The third-order valence-corrected chi connectivity index (χ3v) is 3.61. The molecule has 0 radical (unpaired) electrons. The van der Waals surface area contributed by atoms with Crippen molar-refractivity contribution < 1.29 is 9.53 Å². The molecule has 1 aromatic rings. The maximum atomic E-state index is 12.5. The molecule has 0 fully saturated rings. The average Bonchev–Trinajstić information content (AvgIpc) is 2.44. The maximum absolute atomic E-state index is 12.5. The molecule has 1 aromatic carbocycles. The first-order valence-electron chi connectivity index (χ1n) is 6.33. The van der Waals surface area contributed by atoms with E-state index in [1.54, 1.807) is 4.90 Å². The van der Waals surface area contributed by atoms with Crippen LogP contribution < -0.4 is 10.5 Å². The lowest BCUT2D eigenvalue weighted by atomic mass is 9.91. The number of para-hydroxylation sites is 1. The number of fused-ring (bicyclic) bond motifs is 1. The number of hydrogen-bond acceptors (Lipinski definition) is 3. The second kappa shape index (κ2) is 5.40. The van der Waals surface area contributed by atoms with Crippen LogP contribution in [-0.2, 0) is 4.79 Å². The van der Waals surface area contributed by atoms with E-state index in [0.717, 1.165) is 17.7 Å². The number of carbonyl (C=O) groups is 1. The molecule has 1 aliphatic heterocycles. The van der Waals surface area contributed by atoms with Crippen molar-refractivity contribution in [2.24, 2.45) is 5.73 Å². The fourth-order valence-electron chi connectivity index (χ4n) is 2.22. The van der Waals surface area contributed by atoms with Gasteiger partial charge in [0.05, 0.1) is 12.5 Å². The number of amides is 1. The number of hydrogen-bond donors (Lipinski definition) is 1. The van der Waals surface area contributed by atoms with Crippen LogP contribution in [0.25, 0.3) is 0 Å². The largest absolute Gasteiger partial charge is 0.493 e. The van der Waals surface area contributed by atoms with Crippen LogP contribution >= 0.6 is 0 Å². The highest BCUT2D eigenvalue weighted by Crippen LogP contribution is 2.34. The van der Waals surface area contributed by atoms with Gasteiger partial charge < -0.3 is 15.4 Å². The van der Waals surface area contributed by atoms with Crippen molar-refractivity contribution in [2.75, 3.05) is 20.2 Å². The predicted molar refractivity (Wildman–Crippen MR) is 70.6 cm³/mol. The van der Waals surface area contributed by atoms with Crippen molar-refractivity contribution in [3.63, 3.8) is 0 Å². The molecule has 1 heterocycles. The monoisotopic (exact) mass is 248 g/mol. The van der Waals surface area contributed by atoms with Gasteiger partial charge >= 0.3 is 0 Å². The van der Waals surface area contributed by atoms with E-state index in [1.165, 1.54) is 0 Å². The summed E-state index contributed by atoms with van der Waals surface area (Å²) in [7, 11) is 1.82. The second-order valence-electron chi connectivity index (χ2n) is 4.76. The quantitative estimate of drug-likeness (QED) is 0.878. The Bertz CT molecular complexity index is 434. The summed E-state index contributed by atoms with van der Waals surface area (Å²) in [6.07, 6.45) is 0.734. The van der Waals surface area contributed by atoms with Gasteiger partial charge in [-0.15, -0.1) is 0 Å². The summed E-state index contributed by atoms with van der Waals surface area (Å²) in [6.45, 7) is 3.04. The molecule has 0 bridgehead atoms. The smallest absolute Gasteiger partial charge is 0.230 e. The van der Waals surface area contributed by atoms with Gasteiger partial charge in [-0.1, -0.05) is 18.2 Å². The number of carbonyl (C=O) groups excluding carboxylic acids is 1. The Morgan fingerprint density at radius 3 is 3.00 bits per heavy atom. The highest BCUT2D eigenvalue weighted by Gasteiger charge is 2.30. The summed E-state index contributed by atoms with van der Waals surface area (Å²) in [6, 6.07) is 7.82. The van der Waals surface area contributed by atoms with Crippen LogP contribution in [0.3, 0.4) is 0 Å². The lowest BCUT2D eigenvalue weighted by Crippen LogP contribution is -2.43. The van der Waals surface area contributed by atoms with E-state index in [4.69, 9.17) is 10.5 Å². The molecule has 1 aliphatic rings. The van der Waals surface area contributed by atoms with Crippen LogP contribution in [0.15, 0.2) is 24.3 Å². The Morgan fingerprint density at radius 1 is 1.56 bits per heavy atom. The van der Waals surface area contributed by atoms with Crippen LogP contribution in [0.1, 0.15) is 24.8 Å². The van der Waals surface area contributed by atoms with E-state index < -0.39 is 0 Å². The van der Waals surface area contributed by atoms with E-state index >= 15 is 0 Å². The molecule has 4 heteroatoms. The molecular weight excluding hydrogens is 228 g/mol. The zero-order valence-electron chi connectivity index (χ0n) is 10.9. The summed E-state index contributed by atoms with van der Waals surface area (Å²) in [5.74, 6) is 0.855. The topological polar surface area (TPSA) is 55.6 Å². The summed E-state index contributed by atoms with van der Waals surface area (Å²) >= 11 is 0. The standard InChI is InChI=1S/C14H20N2O2/c1-10(9-15)16(2)14(17)12-7-8-18-13-6-4-3-5-11(12)13/h3-6,10,12H,7-9,15H2,1-2H3. The van der Waals surface area contributed by atoms with Gasteiger partial charge in [0.15, 0.2) is 0 Å². The van der Waals surface area contributed by atoms with Crippen molar-refractivity contribution in [3.8, 4) is 5.75 Å². The molecule has 2 N–H and O–H groups in total. The summed E-state index contributed by atoms with van der Waals surface area (Å²) in [5, 5.41) is 0. The Morgan fingerprint density at radius 2 is 2.28 bits per heavy atom. The summed E-state index contributed by atoms with van der Waals surface area (Å²) in [5.41, 5.74) is 6.61. The van der Waals surface area contributed by atoms with Gasteiger partial charge in [0.1, 0.15) is 5.75 Å². The molecular formula is C14H20N2O2. The molecule has 2 rings (SSSR count). The van der Waals surface area contributed by atoms with Crippen LogP contribution in [-0.4, -0.2) is 37.0 Å². The molecule has 0 aliphatic carbocycles. The first-order valence-corrected chi connectivity index (χ1v) is 6.33. The van der Waals surface area contributed by atoms with Crippen molar-refractivity contribution in [1.82, 2.24) is 4.90 Å². The molecule has 0 aromatic heterocycles. The minimum absolute atomic E-state index is 0.0625. The number of nitrogens with zero attached hydrogens (tertiary/aromatic N) is 1. The van der Waals surface area contributed by atoms with E-state index in [-0.39, 0.29) is 17.9 Å². The third kappa shape index (κ3) is 2.34. The fraction of sp³-hybridized carbons (Fsp3) is 0.500. The summed E-state index contributed by atoms with van der Waals surface area (Å²) < 4.78 is 5.57. The zero-order chi connectivity index (χ0) is 13.1. The number of ether oxygens (including phenoxy) is 1. The van der Waals surface area contributed by atoms with Gasteiger partial charge in [-0.25, -0.2) is 0 Å². The van der Waals surface area contributed by atoms with Gasteiger partial charge in [0.2, 0.25) is 5.91 Å². The summed E-state index contributed by atoms with van der Waals surface area (Å²) in [4.78, 5) is 14.2. The normalized spacial score (nSPS) is 19.6. The van der Waals surface area contributed by atoms with Crippen molar-refractivity contribution in [3.05, 3.63) is 29.8 Å². The first-order chi connectivity index (χ1) is 8.65. The Kier molecular flexibility index (Phi) is 3.87. The minimum atomic E-state index is -0.103. The van der Waals surface area contributed by atoms with Crippen LogP contribution in [0, 0.1) is 0 Å². The lowest BCUT2D eigenvalue weighted by Gasteiger charge is -2.31. The average molecular weight is 248 g/mol. The van der Waals surface area contributed by atoms with E-state index in [9.17, 15) is 4.79 Å². The number of likely N-dealkylation sites (N-methyl/N-ethyl adjacent to an activating group) is 1. The van der Waals surface area contributed by atoms with Gasteiger partial charge in [0, 0.05) is 25.2 Å². The molecule has 98 valence electrons. The molecule has 0 saturated heterocycles. The van der Waals surface area contributed by atoms with Crippen molar-refractivity contribution in [1.29, 1.82) is 0 Å². The van der Waals surface area contributed by atoms with Crippen LogP contribution in [0.4, 0.5) is 0 Å². The second-order valence-corrected chi connectivity index (χ2v) is 4.76. The van der Waals surface area contributed by atoms with Crippen LogP contribution in [0.2, 0.25) is 0 Å². The SMILES string of the molecule is CC(CN)N(C)C(=O)C1CCOc2ccccc21. The maximum Gasteiger partial charge on any atom is 0.230 e. The molecule has 0 spiro atoms. The number of nitrogens with two attached hydrogens (primary N) is 1. The van der Waals surface area contributed by atoms with E-state index in [2.05, 4.69) is 0 Å².